The van der Waals surface area contributed by atoms with Gasteiger partial charge in [0.15, 0.2) is 12.2 Å². The molecule has 1 N–H and O–H groups in total. The van der Waals surface area contributed by atoms with Crippen LogP contribution in [0.1, 0.15) is 47.8 Å². The molecule has 3 atom stereocenters. The molecule has 3 rings (SSSR count). The summed E-state index contributed by atoms with van der Waals surface area (Å²) in [6.45, 7) is 5.06. The molecule has 0 spiro atoms. The lowest BCUT2D eigenvalue weighted by molar-refractivity contribution is -0.0784. The van der Waals surface area contributed by atoms with E-state index in [0.717, 1.165) is 22.9 Å². The number of hydrogen-bond donors (Lipinski definition) is 1. The Bertz CT molecular complexity index is 1280. The first-order valence-corrected chi connectivity index (χ1v) is 12.2. The zero-order valence-electron chi connectivity index (χ0n) is 22.2. The van der Waals surface area contributed by atoms with Gasteiger partial charge in [0.25, 0.3) is 0 Å². The second-order valence-electron chi connectivity index (χ2n) is 8.94. The first-order valence-electron chi connectivity index (χ1n) is 12.2. The fraction of sp³-hybridized carbons (Fsp3) is 0.267. The summed E-state index contributed by atoms with van der Waals surface area (Å²) in [5.74, 6) is -2.22. The molecule has 0 aromatic heterocycles. The Hall–Kier alpha value is -4.50. The number of aliphatic hydroxyl groups is 1. The van der Waals surface area contributed by atoms with Crippen LogP contribution < -0.4 is 0 Å². The normalized spacial score (nSPS) is 13.3. The minimum Gasteiger partial charge on any atom is -0.459 e. The highest BCUT2D eigenvalue weighted by atomic mass is 16.6. The van der Waals surface area contributed by atoms with Crippen molar-refractivity contribution in [2.24, 2.45) is 5.16 Å². The molecular weight excluding hydrogens is 502 g/mol. The number of nitrogens with zero attached hydrogens (tertiary/aromatic N) is 1. The van der Waals surface area contributed by atoms with Crippen LogP contribution in [-0.4, -0.2) is 61.3 Å². The number of aryl methyl sites for hydroxylation is 3. The number of carbonyl (C=O) groups excluding carboxylic acids is 3. The van der Waals surface area contributed by atoms with Crippen LogP contribution >= 0.6 is 0 Å². The largest absolute Gasteiger partial charge is 0.459 e. The minimum absolute atomic E-state index is 0.210. The minimum atomic E-state index is -1.59. The fourth-order valence-corrected chi connectivity index (χ4v) is 3.46. The average molecular weight is 534 g/mol. The SMILES string of the molecule is CO/N=C/[C@@H](OC(=O)c1ccc(C)cc1)[C@@H](OC(=O)c1ccc(C)cc1)[C@@H](O)COC(=O)c1ccc(C)cc1. The van der Waals surface area contributed by atoms with Gasteiger partial charge >= 0.3 is 17.9 Å². The van der Waals surface area contributed by atoms with E-state index in [9.17, 15) is 19.5 Å². The fourth-order valence-electron chi connectivity index (χ4n) is 3.46. The molecule has 0 amide bonds. The van der Waals surface area contributed by atoms with Crippen LogP contribution in [-0.2, 0) is 19.0 Å². The van der Waals surface area contributed by atoms with Gasteiger partial charge in [-0.2, -0.15) is 0 Å². The van der Waals surface area contributed by atoms with Crippen molar-refractivity contribution in [3.8, 4) is 0 Å². The number of ether oxygens (including phenoxy) is 3. The van der Waals surface area contributed by atoms with Crippen molar-refractivity contribution >= 4 is 24.1 Å². The number of benzene rings is 3. The van der Waals surface area contributed by atoms with E-state index in [-0.39, 0.29) is 16.7 Å². The van der Waals surface area contributed by atoms with E-state index in [1.165, 1.54) is 7.11 Å². The summed E-state index contributed by atoms with van der Waals surface area (Å²) in [4.78, 5) is 43.1. The summed E-state index contributed by atoms with van der Waals surface area (Å²) in [5.41, 5.74) is 3.57. The maximum Gasteiger partial charge on any atom is 0.338 e. The van der Waals surface area contributed by atoms with Gasteiger partial charge in [-0.15, -0.1) is 0 Å². The van der Waals surface area contributed by atoms with E-state index in [1.54, 1.807) is 72.8 Å². The molecule has 0 radical (unpaired) electrons. The molecule has 204 valence electrons. The molecule has 9 heteroatoms. The molecule has 0 unspecified atom stereocenters. The van der Waals surface area contributed by atoms with Crippen molar-refractivity contribution in [1.29, 1.82) is 0 Å². The van der Waals surface area contributed by atoms with Crippen molar-refractivity contribution in [2.75, 3.05) is 13.7 Å². The molecule has 9 nitrogen and oxygen atoms in total. The molecule has 3 aromatic rings. The molecule has 3 aromatic carbocycles. The first-order chi connectivity index (χ1) is 18.7. The van der Waals surface area contributed by atoms with Crippen molar-refractivity contribution in [3.63, 3.8) is 0 Å². The molecular formula is C30H31NO8. The van der Waals surface area contributed by atoms with Gasteiger partial charge in [-0.25, -0.2) is 14.4 Å². The summed E-state index contributed by atoms with van der Waals surface area (Å²) < 4.78 is 16.5. The van der Waals surface area contributed by atoms with Crippen molar-refractivity contribution < 1.29 is 38.5 Å². The zero-order chi connectivity index (χ0) is 28.4. The lowest BCUT2D eigenvalue weighted by Crippen LogP contribution is -2.46. The summed E-state index contributed by atoms with van der Waals surface area (Å²) in [7, 11) is 1.28. The van der Waals surface area contributed by atoms with Gasteiger partial charge in [-0.3, -0.25) is 0 Å². The zero-order valence-corrected chi connectivity index (χ0v) is 22.2. The standard InChI is InChI=1S/C30H31NO8/c1-19-5-11-22(12-6-19)28(33)37-18-25(32)27(39-30(35)24-15-9-21(3)10-16-24)26(17-31-36-4)38-29(34)23-13-7-20(2)8-14-23/h5-17,25-27,32H,18H2,1-4H3/b31-17+/t25-,26+,27-/m0/s1. The molecule has 0 aliphatic carbocycles. The van der Waals surface area contributed by atoms with Gasteiger partial charge in [0.05, 0.1) is 22.9 Å². The van der Waals surface area contributed by atoms with Crippen LogP contribution in [0, 0.1) is 20.8 Å². The summed E-state index contributed by atoms with van der Waals surface area (Å²) >= 11 is 0. The topological polar surface area (TPSA) is 121 Å². The summed E-state index contributed by atoms with van der Waals surface area (Å²) in [6, 6.07) is 19.9. The van der Waals surface area contributed by atoms with Gasteiger partial charge in [-0.05, 0) is 57.2 Å². The molecule has 0 fully saturated rings. The van der Waals surface area contributed by atoms with E-state index in [2.05, 4.69) is 5.16 Å². The number of rotatable bonds is 11. The molecule has 0 aliphatic rings. The highest BCUT2D eigenvalue weighted by Gasteiger charge is 2.36. The smallest absolute Gasteiger partial charge is 0.338 e. The second kappa shape index (κ2) is 13.9. The van der Waals surface area contributed by atoms with E-state index < -0.39 is 42.8 Å². The third kappa shape index (κ3) is 8.51. The van der Waals surface area contributed by atoms with E-state index in [1.807, 2.05) is 20.8 Å². The van der Waals surface area contributed by atoms with Gasteiger partial charge in [0.2, 0.25) is 0 Å². The molecule has 39 heavy (non-hydrogen) atoms. The first kappa shape index (κ1) is 29.1. The third-order valence-corrected chi connectivity index (χ3v) is 5.75. The van der Waals surface area contributed by atoms with Crippen LogP contribution in [0.15, 0.2) is 78.0 Å². The Labute approximate surface area is 227 Å². The quantitative estimate of drug-likeness (QED) is 0.168. The number of hydrogen-bond acceptors (Lipinski definition) is 9. The van der Waals surface area contributed by atoms with E-state index in [4.69, 9.17) is 19.0 Å². The molecule has 0 saturated heterocycles. The van der Waals surface area contributed by atoms with Gasteiger partial charge < -0.3 is 24.2 Å². The predicted molar refractivity (Wildman–Crippen MR) is 144 cm³/mol. The summed E-state index contributed by atoms with van der Waals surface area (Å²) in [5, 5.41) is 14.7. The van der Waals surface area contributed by atoms with Gasteiger partial charge in [0, 0.05) is 0 Å². The van der Waals surface area contributed by atoms with Crippen molar-refractivity contribution in [2.45, 2.75) is 39.1 Å². The monoisotopic (exact) mass is 533 g/mol. The molecule has 0 bridgehead atoms. The highest BCUT2D eigenvalue weighted by Crippen LogP contribution is 2.17. The lowest BCUT2D eigenvalue weighted by Gasteiger charge is -2.28. The maximum atomic E-state index is 13.0. The number of carbonyl (C=O) groups is 3. The lowest BCUT2D eigenvalue weighted by atomic mass is 10.1. The van der Waals surface area contributed by atoms with Gasteiger partial charge in [0.1, 0.15) is 19.8 Å². The molecule has 0 saturated carbocycles. The average Bonchev–Trinajstić information content (AvgIpc) is 2.93. The van der Waals surface area contributed by atoms with Crippen LogP contribution in [0.25, 0.3) is 0 Å². The Morgan fingerprint density at radius 3 is 1.56 bits per heavy atom. The van der Waals surface area contributed by atoms with Crippen LogP contribution in [0.5, 0.6) is 0 Å². The van der Waals surface area contributed by atoms with Crippen LogP contribution in [0.3, 0.4) is 0 Å². The van der Waals surface area contributed by atoms with Crippen molar-refractivity contribution in [3.05, 3.63) is 106 Å². The Morgan fingerprint density at radius 1 is 0.718 bits per heavy atom. The Kier molecular flexibility index (Phi) is 10.3. The number of esters is 3. The van der Waals surface area contributed by atoms with Gasteiger partial charge in [-0.1, -0.05) is 58.2 Å². The van der Waals surface area contributed by atoms with E-state index >= 15 is 0 Å². The van der Waals surface area contributed by atoms with E-state index in [0.29, 0.717) is 0 Å². The third-order valence-electron chi connectivity index (χ3n) is 5.75. The number of aliphatic hydroxyl groups excluding tert-OH is 1. The Balaban J connectivity index is 1.85. The molecule has 0 heterocycles. The predicted octanol–water partition coefficient (Wildman–Crippen LogP) is 4.21. The molecule has 0 aliphatic heterocycles. The van der Waals surface area contributed by atoms with Crippen LogP contribution in [0.4, 0.5) is 0 Å². The number of oxime groups is 1. The summed E-state index contributed by atoms with van der Waals surface area (Å²) in [6.07, 6.45) is -3.39. The second-order valence-corrected chi connectivity index (χ2v) is 8.94. The Morgan fingerprint density at radius 2 is 1.13 bits per heavy atom. The maximum absolute atomic E-state index is 13.0. The highest BCUT2D eigenvalue weighted by molar-refractivity contribution is 5.92. The van der Waals surface area contributed by atoms with Crippen LogP contribution in [0.2, 0.25) is 0 Å². The van der Waals surface area contributed by atoms with Crippen molar-refractivity contribution in [1.82, 2.24) is 0 Å².